The van der Waals surface area contributed by atoms with E-state index < -0.39 is 0 Å². The van der Waals surface area contributed by atoms with Crippen LogP contribution in [0, 0.1) is 0 Å². The first kappa shape index (κ1) is 16.5. The van der Waals surface area contributed by atoms with Gasteiger partial charge in [-0.15, -0.1) is 0 Å². The number of carbonyl (C=O) groups excluding carboxylic acids is 1. The summed E-state index contributed by atoms with van der Waals surface area (Å²) in [7, 11) is 0. The molecule has 1 saturated heterocycles. The van der Waals surface area contributed by atoms with Gasteiger partial charge < -0.3 is 9.64 Å². The van der Waals surface area contributed by atoms with Crippen LogP contribution in [0.15, 0.2) is 54.9 Å². The minimum atomic E-state index is 0.184. The average molecular weight is 325 g/mol. The number of hydrogen-bond acceptors (Lipinski definition) is 4. The summed E-state index contributed by atoms with van der Waals surface area (Å²) >= 11 is 0. The van der Waals surface area contributed by atoms with Gasteiger partial charge in [-0.2, -0.15) is 0 Å². The summed E-state index contributed by atoms with van der Waals surface area (Å²) in [5.74, 6) is 1.09. The van der Waals surface area contributed by atoms with Crippen molar-refractivity contribution in [2.24, 2.45) is 0 Å². The highest BCUT2D eigenvalue weighted by atomic mass is 16.5. The number of rotatable bonds is 6. The van der Waals surface area contributed by atoms with Gasteiger partial charge in [-0.3, -0.25) is 14.7 Å². The molecule has 0 unspecified atom stereocenters. The van der Waals surface area contributed by atoms with Gasteiger partial charge in [-0.25, -0.2) is 0 Å². The van der Waals surface area contributed by atoms with Gasteiger partial charge in [0, 0.05) is 45.1 Å². The zero-order chi connectivity index (χ0) is 16.6. The largest absolute Gasteiger partial charge is 0.492 e. The number of amides is 1. The van der Waals surface area contributed by atoms with Crippen LogP contribution in [0.5, 0.6) is 5.75 Å². The van der Waals surface area contributed by atoms with E-state index >= 15 is 0 Å². The van der Waals surface area contributed by atoms with Gasteiger partial charge in [0.15, 0.2) is 0 Å². The van der Waals surface area contributed by atoms with Gasteiger partial charge in [0.2, 0.25) is 5.91 Å². The summed E-state index contributed by atoms with van der Waals surface area (Å²) < 4.78 is 5.73. The molecule has 2 heterocycles. The van der Waals surface area contributed by atoms with Crippen LogP contribution < -0.4 is 4.74 Å². The summed E-state index contributed by atoms with van der Waals surface area (Å²) in [4.78, 5) is 20.7. The Hall–Kier alpha value is -2.40. The smallest absolute Gasteiger partial charge is 0.227 e. The lowest BCUT2D eigenvalue weighted by molar-refractivity contribution is -0.132. The Bertz CT molecular complexity index is 626. The van der Waals surface area contributed by atoms with Gasteiger partial charge in [0.25, 0.3) is 0 Å². The number of aromatic nitrogens is 1. The standard InChI is InChI=1S/C19H23N3O2/c23-19(15-17-5-4-8-20-16-17)22-11-9-21(10-12-22)13-14-24-18-6-2-1-3-7-18/h1-8,16H,9-15H2. The normalized spacial score (nSPS) is 15.2. The Morgan fingerprint density at radius 2 is 1.83 bits per heavy atom. The monoisotopic (exact) mass is 325 g/mol. The fraction of sp³-hybridized carbons (Fsp3) is 0.368. The maximum absolute atomic E-state index is 12.3. The molecule has 24 heavy (non-hydrogen) atoms. The second-order valence-corrected chi connectivity index (χ2v) is 5.92. The van der Waals surface area contributed by atoms with E-state index in [0.29, 0.717) is 13.0 Å². The number of benzene rings is 1. The highest BCUT2D eigenvalue weighted by Crippen LogP contribution is 2.09. The molecule has 5 heteroatoms. The number of piperazine rings is 1. The van der Waals surface area contributed by atoms with Crippen LogP contribution in [0.3, 0.4) is 0 Å². The summed E-state index contributed by atoms with van der Waals surface area (Å²) in [6.07, 6.45) is 3.92. The van der Waals surface area contributed by atoms with Crippen LogP contribution in [0.4, 0.5) is 0 Å². The Morgan fingerprint density at radius 3 is 2.54 bits per heavy atom. The second-order valence-electron chi connectivity index (χ2n) is 5.92. The van der Waals surface area contributed by atoms with Gasteiger partial charge in [-0.1, -0.05) is 24.3 Å². The molecule has 0 atom stereocenters. The number of para-hydroxylation sites is 1. The lowest BCUT2D eigenvalue weighted by Crippen LogP contribution is -2.49. The molecule has 1 fully saturated rings. The van der Waals surface area contributed by atoms with Crippen LogP contribution >= 0.6 is 0 Å². The van der Waals surface area contributed by atoms with Crippen molar-refractivity contribution < 1.29 is 9.53 Å². The van der Waals surface area contributed by atoms with E-state index in [0.717, 1.165) is 44.0 Å². The predicted molar refractivity (Wildman–Crippen MR) is 92.9 cm³/mol. The van der Waals surface area contributed by atoms with Gasteiger partial charge in [0.1, 0.15) is 12.4 Å². The van der Waals surface area contributed by atoms with Crippen molar-refractivity contribution in [3.63, 3.8) is 0 Å². The third-order valence-corrected chi connectivity index (χ3v) is 4.22. The molecule has 3 rings (SSSR count). The van der Waals surface area contributed by atoms with E-state index in [1.807, 2.05) is 47.4 Å². The molecule has 0 spiro atoms. The minimum Gasteiger partial charge on any atom is -0.492 e. The molecular weight excluding hydrogens is 302 g/mol. The molecule has 1 aromatic heterocycles. The molecular formula is C19H23N3O2. The maximum atomic E-state index is 12.3. The number of carbonyl (C=O) groups is 1. The number of nitrogens with zero attached hydrogens (tertiary/aromatic N) is 3. The molecule has 1 aromatic carbocycles. The lowest BCUT2D eigenvalue weighted by Gasteiger charge is -2.34. The first-order valence-corrected chi connectivity index (χ1v) is 8.38. The zero-order valence-corrected chi connectivity index (χ0v) is 13.8. The molecule has 1 amide bonds. The van der Waals surface area contributed by atoms with Crippen LogP contribution in [0.1, 0.15) is 5.56 Å². The maximum Gasteiger partial charge on any atom is 0.227 e. The molecule has 0 aliphatic carbocycles. The first-order valence-electron chi connectivity index (χ1n) is 8.38. The van der Waals surface area contributed by atoms with Gasteiger partial charge >= 0.3 is 0 Å². The molecule has 0 N–H and O–H groups in total. The fourth-order valence-corrected chi connectivity index (χ4v) is 2.82. The van der Waals surface area contributed by atoms with E-state index in [-0.39, 0.29) is 5.91 Å². The molecule has 126 valence electrons. The summed E-state index contributed by atoms with van der Waals surface area (Å²) in [5, 5.41) is 0. The summed E-state index contributed by atoms with van der Waals surface area (Å²) in [6, 6.07) is 13.7. The summed E-state index contributed by atoms with van der Waals surface area (Å²) in [6.45, 7) is 4.93. The van der Waals surface area contributed by atoms with Crippen molar-refractivity contribution in [3.8, 4) is 5.75 Å². The Morgan fingerprint density at radius 1 is 1.04 bits per heavy atom. The van der Waals surface area contributed by atoms with Crippen LogP contribution in [0.25, 0.3) is 0 Å². The number of hydrogen-bond donors (Lipinski definition) is 0. The Labute approximate surface area is 142 Å². The highest BCUT2D eigenvalue weighted by Gasteiger charge is 2.20. The quantitative estimate of drug-likeness (QED) is 0.813. The third-order valence-electron chi connectivity index (χ3n) is 4.22. The second kappa shape index (κ2) is 8.45. The average Bonchev–Trinajstić information content (AvgIpc) is 2.64. The third kappa shape index (κ3) is 4.80. The van der Waals surface area contributed by atoms with Crippen LogP contribution in [0.2, 0.25) is 0 Å². The van der Waals surface area contributed by atoms with Crippen molar-refractivity contribution in [2.75, 3.05) is 39.3 Å². The van der Waals surface area contributed by atoms with Gasteiger partial charge in [-0.05, 0) is 23.8 Å². The van der Waals surface area contributed by atoms with E-state index in [4.69, 9.17) is 4.74 Å². The number of ether oxygens (including phenoxy) is 1. The molecule has 2 aromatic rings. The molecule has 0 bridgehead atoms. The van der Waals surface area contributed by atoms with Gasteiger partial charge in [0.05, 0.1) is 6.42 Å². The lowest BCUT2D eigenvalue weighted by atomic mass is 10.2. The minimum absolute atomic E-state index is 0.184. The molecule has 1 aliphatic heterocycles. The number of pyridine rings is 1. The van der Waals surface area contributed by atoms with Crippen molar-refractivity contribution in [1.82, 2.24) is 14.8 Å². The first-order chi connectivity index (χ1) is 11.8. The summed E-state index contributed by atoms with van der Waals surface area (Å²) in [5.41, 5.74) is 0.973. The van der Waals surface area contributed by atoms with E-state index in [9.17, 15) is 4.79 Å². The highest BCUT2D eigenvalue weighted by molar-refractivity contribution is 5.78. The van der Waals surface area contributed by atoms with Crippen molar-refractivity contribution in [2.45, 2.75) is 6.42 Å². The Kier molecular flexibility index (Phi) is 5.80. The van der Waals surface area contributed by atoms with Crippen LogP contribution in [-0.4, -0.2) is 60.0 Å². The van der Waals surface area contributed by atoms with Crippen molar-refractivity contribution in [1.29, 1.82) is 0 Å². The topological polar surface area (TPSA) is 45.7 Å². The zero-order valence-electron chi connectivity index (χ0n) is 13.8. The molecule has 0 radical (unpaired) electrons. The fourth-order valence-electron chi connectivity index (χ4n) is 2.82. The Balaban J connectivity index is 1.37. The predicted octanol–water partition coefficient (Wildman–Crippen LogP) is 1.85. The molecule has 1 aliphatic rings. The van der Waals surface area contributed by atoms with E-state index in [2.05, 4.69) is 9.88 Å². The van der Waals surface area contributed by atoms with Crippen molar-refractivity contribution >= 4 is 5.91 Å². The molecule has 5 nitrogen and oxygen atoms in total. The van der Waals surface area contributed by atoms with E-state index in [1.54, 1.807) is 12.4 Å². The van der Waals surface area contributed by atoms with Crippen molar-refractivity contribution in [3.05, 3.63) is 60.4 Å². The van der Waals surface area contributed by atoms with Crippen LogP contribution in [-0.2, 0) is 11.2 Å². The molecule has 0 saturated carbocycles. The van der Waals surface area contributed by atoms with E-state index in [1.165, 1.54) is 0 Å². The SMILES string of the molecule is O=C(Cc1cccnc1)N1CCN(CCOc2ccccc2)CC1.